The van der Waals surface area contributed by atoms with Gasteiger partial charge in [-0.25, -0.2) is 4.79 Å². The van der Waals surface area contributed by atoms with Crippen molar-refractivity contribution >= 4 is 35.6 Å². The molecule has 0 aromatic heterocycles. The second-order valence-electron chi connectivity index (χ2n) is 8.36. The minimum atomic E-state index is -1.76. The highest BCUT2D eigenvalue weighted by atomic mass is 16.4. The van der Waals surface area contributed by atoms with E-state index in [9.17, 15) is 39.0 Å². The van der Waals surface area contributed by atoms with Gasteiger partial charge in [0.1, 0.15) is 23.9 Å². The van der Waals surface area contributed by atoms with Gasteiger partial charge in [0, 0.05) is 0 Å². The lowest BCUT2D eigenvalue weighted by atomic mass is 10.0. The summed E-state index contributed by atoms with van der Waals surface area (Å²) < 4.78 is 0. The molecule has 36 heavy (non-hydrogen) atoms. The van der Waals surface area contributed by atoms with Crippen LogP contribution in [0.2, 0.25) is 0 Å². The molecule has 0 spiro atoms. The first kappa shape index (κ1) is 29.8. The maximum Gasteiger partial charge on any atom is 0.326 e. The number of hydrogen-bond acceptors (Lipinski definition) is 8. The molecule has 0 radical (unpaired) electrons. The van der Waals surface area contributed by atoms with E-state index in [2.05, 4.69) is 10.6 Å². The van der Waals surface area contributed by atoms with Gasteiger partial charge in [0.2, 0.25) is 17.7 Å². The molecule has 0 aliphatic rings. The molecule has 0 aliphatic carbocycles. The molecule has 0 saturated carbocycles. The summed E-state index contributed by atoms with van der Waals surface area (Å²) >= 11 is 0. The molecule has 0 saturated heterocycles. The number of amides is 3. The minimum absolute atomic E-state index is 0.0105. The van der Waals surface area contributed by atoms with Crippen LogP contribution >= 0.6 is 0 Å². The van der Waals surface area contributed by atoms with Crippen molar-refractivity contribution in [3.8, 4) is 5.75 Å². The lowest BCUT2D eigenvalue weighted by molar-refractivity contribution is -0.147. The van der Waals surface area contributed by atoms with Gasteiger partial charge in [-0.15, -0.1) is 0 Å². The fourth-order valence-corrected chi connectivity index (χ4v) is 3.07. The normalized spacial score (nSPS) is 14.1. The Morgan fingerprint density at radius 3 is 1.75 bits per heavy atom. The van der Waals surface area contributed by atoms with Gasteiger partial charge < -0.3 is 42.1 Å². The molecule has 1 aromatic carbocycles. The van der Waals surface area contributed by atoms with Crippen molar-refractivity contribution in [3.05, 3.63) is 29.8 Å². The van der Waals surface area contributed by atoms with Gasteiger partial charge in [-0.2, -0.15) is 0 Å². The maximum atomic E-state index is 12.8. The highest BCUT2D eigenvalue weighted by molar-refractivity contribution is 5.96. The van der Waals surface area contributed by atoms with Gasteiger partial charge in [0.05, 0.1) is 18.9 Å². The van der Waals surface area contributed by atoms with E-state index in [0.717, 1.165) is 0 Å². The average molecular weight is 511 g/mol. The SMILES string of the molecule is CC(C)C(NC(=O)C(CC(=O)O)NC(=O)C(N)Cc1ccc(O)cc1)C(=O)NC(CC(=O)O)C(=O)O. The molecular weight excluding hydrogens is 480 g/mol. The first-order valence-electron chi connectivity index (χ1n) is 10.8. The van der Waals surface area contributed by atoms with Crippen LogP contribution in [0.4, 0.5) is 0 Å². The van der Waals surface area contributed by atoms with Crippen LogP contribution in [0.15, 0.2) is 24.3 Å². The number of carbonyl (C=O) groups excluding carboxylic acids is 3. The third kappa shape index (κ3) is 9.97. The van der Waals surface area contributed by atoms with Crippen molar-refractivity contribution in [2.45, 2.75) is 57.3 Å². The Morgan fingerprint density at radius 1 is 0.778 bits per heavy atom. The van der Waals surface area contributed by atoms with Crippen molar-refractivity contribution in [1.29, 1.82) is 0 Å². The number of rotatable bonds is 14. The molecule has 9 N–H and O–H groups in total. The summed E-state index contributed by atoms with van der Waals surface area (Å²) in [7, 11) is 0. The Bertz CT molecular complexity index is 980. The molecule has 1 aromatic rings. The Kier molecular flexibility index (Phi) is 11.3. The Balaban J connectivity index is 2.95. The third-order valence-corrected chi connectivity index (χ3v) is 4.98. The number of carbonyl (C=O) groups is 6. The number of carboxylic acids is 3. The maximum absolute atomic E-state index is 12.8. The summed E-state index contributed by atoms with van der Waals surface area (Å²) in [6, 6.07) is -0.0757. The Labute approximate surface area is 205 Å². The molecule has 14 nitrogen and oxygen atoms in total. The number of phenols is 1. The van der Waals surface area contributed by atoms with E-state index < -0.39 is 78.6 Å². The van der Waals surface area contributed by atoms with Crippen molar-refractivity contribution in [1.82, 2.24) is 16.0 Å². The van der Waals surface area contributed by atoms with E-state index in [1.807, 2.05) is 5.32 Å². The van der Waals surface area contributed by atoms with E-state index >= 15 is 0 Å². The molecule has 0 bridgehead atoms. The topological polar surface area (TPSA) is 245 Å². The quantitative estimate of drug-likeness (QED) is 0.142. The smallest absolute Gasteiger partial charge is 0.326 e. The lowest BCUT2D eigenvalue weighted by Gasteiger charge is -2.26. The fraction of sp³-hybridized carbons (Fsp3) is 0.455. The zero-order chi connectivity index (χ0) is 27.6. The van der Waals surface area contributed by atoms with Crippen LogP contribution in [-0.4, -0.2) is 80.2 Å². The molecule has 14 heteroatoms. The number of hydrogen-bond donors (Lipinski definition) is 8. The Morgan fingerprint density at radius 2 is 1.28 bits per heavy atom. The first-order valence-corrected chi connectivity index (χ1v) is 10.8. The largest absolute Gasteiger partial charge is 0.508 e. The summed E-state index contributed by atoms with van der Waals surface area (Å²) in [6.07, 6.45) is -1.73. The number of nitrogens with two attached hydrogens (primary N) is 1. The van der Waals surface area contributed by atoms with Gasteiger partial charge in [0.25, 0.3) is 0 Å². The molecule has 0 aliphatic heterocycles. The van der Waals surface area contributed by atoms with Crippen LogP contribution < -0.4 is 21.7 Å². The number of aromatic hydroxyl groups is 1. The van der Waals surface area contributed by atoms with E-state index in [1.165, 1.54) is 38.1 Å². The van der Waals surface area contributed by atoms with Crippen LogP contribution in [0.25, 0.3) is 0 Å². The second kappa shape index (κ2) is 13.6. The Hall–Kier alpha value is -4.20. The van der Waals surface area contributed by atoms with Gasteiger partial charge in [-0.1, -0.05) is 26.0 Å². The number of benzene rings is 1. The fourth-order valence-electron chi connectivity index (χ4n) is 3.07. The van der Waals surface area contributed by atoms with E-state index in [-0.39, 0.29) is 12.2 Å². The standard InChI is InChI=1S/C22H30N4O10/c1-10(2)18(21(34)25-15(22(35)36)9-17(30)31)26-20(33)14(8-16(28)29)24-19(32)13(23)7-11-3-5-12(27)6-4-11/h3-6,10,13-15,18,27H,7-9,23H2,1-2H3,(H,24,32)(H,25,34)(H,26,33)(H,28,29)(H,30,31)(H,35,36). The number of phenolic OH excluding ortho intramolecular Hbond substituents is 1. The minimum Gasteiger partial charge on any atom is -0.508 e. The molecule has 4 atom stereocenters. The van der Waals surface area contributed by atoms with Crippen LogP contribution in [-0.2, 0) is 35.2 Å². The highest BCUT2D eigenvalue weighted by Gasteiger charge is 2.33. The van der Waals surface area contributed by atoms with Crippen LogP contribution in [0.1, 0.15) is 32.3 Å². The zero-order valence-corrected chi connectivity index (χ0v) is 19.6. The van der Waals surface area contributed by atoms with Crippen molar-refractivity contribution in [2.24, 2.45) is 11.7 Å². The third-order valence-electron chi connectivity index (χ3n) is 4.98. The molecule has 4 unspecified atom stereocenters. The van der Waals surface area contributed by atoms with Crippen LogP contribution in [0.3, 0.4) is 0 Å². The van der Waals surface area contributed by atoms with E-state index in [0.29, 0.717) is 5.56 Å². The van der Waals surface area contributed by atoms with Crippen LogP contribution in [0.5, 0.6) is 5.75 Å². The molecule has 0 fully saturated rings. The average Bonchev–Trinajstić information content (AvgIpc) is 2.76. The number of aliphatic carboxylic acids is 3. The number of nitrogens with one attached hydrogen (secondary N) is 3. The van der Waals surface area contributed by atoms with Crippen molar-refractivity contribution in [3.63, 3.8) is 0 Å². The van der Waals surface area contributed by atoms with Crippen LogP contribution in [0, 0.1) is 5.92 Å². The van der Waals surface area contributed by atoms with Gasteiger partial charge in [-0.05, 0) is 30.0 Å². The molecule has 198 valence electrons. The van der Waals surface area contributed by atoms with Gasteiger partial charge in [0.15, 0.2) is 0 Å². The zero-order valence-electron chi connectivity index (χ0n) is 19.6. The molecule has 3 amide bonds. The monoisotopic (exact) mass is 510 g/mol. The predicted octanol–water partition coefficient (Wildman–Crippen LogP) is -1.59. The summed E-state index contributed by atoms with van der Waals surface area (Å²) in [5.41, 5.74) is 6.46. The van der Waals surface area contributed by atoms with Crippen molar-refractivity contribution in [2.75, 3.05) is 0 Å². The highest BCUT2D eigenvalue weighted by Crippen LogP contribution is 2.11. The van der Waals surface area contributed by atoms with Gasteiger partial charge in [-0.3, -0.25) is 24.0 Å². The molecule has 1 rings (SSSR count). The summed E-state index contributed by atoms with van der Waals surface area (Å²) in [5.74, 6) is -8.00. The number of carboxylic acid groups (broad SMARTS) is 3. The molecule has 0 heterocycles. The predicted molar refractivity (Wildman–Crippen MR) is 123 cm³/mol. The van der Waals surface area contributed by atoms with Crippen molar-refractivity contribution < 1.29 is 49.2 Å². The summed E-state index contributed by atoms with van der Waals surface area (Å²) in [4.78, 5) is 71.3. The first-order chi connectivity index (χ1) is 16.7. The molecular formula is C22H30N4O10. The van der Waals surface area contributed by atoms with E-state index in [4.69, 9.17) is 15.9 Å². The van der Waals surface area contributed by atoms with E-state index in [1.54, 1.807) is 0 Å². The van der Waals surface area contributed by atoms with Gasteiger partial charge >= 0.3 is 17.9 Å². The summed E-state index contributed by atoms with van der Waals surface area (Å²) in [5, 5.41) is 43.0. The lowest BCUT2D eigenvalue weighted by Crippen LogP contribution is -2.59. The summed E-state index contributed by atoms with van der Waals surface area (Å²) in [6.45, 7) is 3.02. The second-order valence-corrected chi connectivity index (χ2v) is 8.36.